The number of carboxylic acids is 3. The van der Waals surface area contributed by atoms with E-state index >= 15 is 9.59 Å². The molecule has 40 N–H and O–H groups in total. The Morgan fingerprint density at radius 1 is 0.368 bits per heavy atom. The molecule has 0 aliphatic carbocycles. The number of carbonyl (C=O) groups excluding carboxylic acids is 19. The second-order valence-corrected chi connectivity index (χ2v) is 34.0. The third-order valence-electron chi connectivity index (χ3n) is 21.9. The number of imidazole rings is 1. The maximum absolute atomic E-state index is 15.2. The molecule has 4 rings (SSSR count). The van der Waals surface area contributed by atoms with E-state index < -0.39 is 340 Å². The Bertz CT molecular complexity index is 5190. The summed E-state index contributed by atoms with van der Waals surface area (Å²) in [6.07, 6.45) is -6.37. The number of aliphatic carboxylic acids is 3. The summed E-state index contributed by atoms with van der Waals surface area (Å²) in [4.78, 5) is 312. The Labute approximate surface area is 835 Å². The van der Waals surface area contributed by atoms with Crippen molar-refractivity contribution in [1.29, 1.82) is 16.2 Å². The molecule has 2 aromatic heterocycles. The van der Waals surface area contributed by atoms with Gasteiger partial charge in [-0.25, -0.2) is 4.98 Å². The minimum absolute atomic E-state index is 0.0850. The molecule has 19 amide bonds. The summed E-state index contributed by atoms with van der Waals surface area (Å²) in [5.74, 6) is -29.4. The first-order valence-corrected chi connectivity index (χ1v) is 46.6. The van der Waals surface area contributed by atoms with Crippen LogP contribution in [0, 0.1) is 22.1 Å². The first-order valence-electron chi connectivity index (χ1n) is 45.4. The molecule has 0 fully saturated rings. The van der Waals surface area contributed by atoms with Crippen molar-refractivity contribution in [3.8, 4) is 0 Å². The Morgan fingerprint density at radius 3 is 1.06 bits per heavy atom. The number of aromatic nitrogens is 3. The van der Waals surface area contributed by atoms with Crippen molar-refractivity contribution in [2.24, 2.45) is 46.1 Å². The highest BCUT2D eigenvalue weighted by atomic mass is 32.1. The number of nitrogens with one attached hydrogen (secondary N) is 23. The van der Waals surface area contributed by atoms with Gasteiger partial charge in [-0.05, 0) is 87.3 Å². The first-order chi connectivity index (χ1) is 68.0. The number of benzene rings is 2. The van der Waals surface area contributed by atoms with Crippen LogP contribution in [-0.4, -0.2) is 300 Å². The number of carboxylic acid groups (broad SMARTS) is 3. The Morgan fingerprint density at radius 2 is 0.701 bits per heavy atom. The van der Waals surface area contributed by atoms with Gasteiger partial charge in [0, 0.05) is 112 Å². The lowest BCUT2D eigenvalue weighted by Crippen LogP contribution is -2.61. The van der Waals surface area contributed by atoms with Crippen molar-refractivity contribution in [3.05, 3.63) is 90.1 Å². The quantitative estimate of drug-likeness (QED) is 0.00845. The lowest BCUT2D eigenvalue weighted by atomic mass is 9.97. The van der Waals surface area contributed by atoms with Crippen LogP contribution in [0.4, 0.5) is 0 Å². The number of hydrogen-bond donors (Lipinski definition) is 35. The van der Waals surface area contributed by atoms with Crippen LogP contribution >= 0.6 is 25.3 Å². The van der Waals surface area contributed by atoms with E-state index in [2.05, 4.69) is 136 Å². The molecule has 0 aliphatic rings. The van der Waals surface area contributed by atoms with Gasteiger partial charge >= 0.3 is 17.9 Å². The van der Waals surface area contributed by atoms with E-state index in [0.29, 0.717) is 28.5 Å². The van der Waals surface area contributed by atoms with Gasteiger partial charge in [-0.3, -0.25) is 122 Å². The normalized spacial score (nSPS) is 14.3. The fourth-order valence-electron chi connectivity index (χ4n) is 14.1. The van der Waals surface area contributed by atoms with Crippen molar-refractivity contribution >= 4 is 184 Å². The number of rotatable bonds is 68. The molecule has 0 aliphatic heterocycles. The second-order valence-electron chi connectivity index (χ2n) is 33.3. The summed E-state index contributed by atoms with van der Waals surface area (Å²) in [5.41, 5.74) is 40.1. The van der Waals surface area contributed by atoms with Crippen LogP contribution in [0.1, 0.15) is 147 Å². The molecule has 0 unspecified atom stereocenters. The minimum atomic E-state index is -2.20. The van der Waals surface area contributed by atoms with E-state index in [0.717, 1.165) is 6.92 Å². The number of nitrogens with zero attached hydrogens (tertiary/aromatic N) is 1. The van der Waals surface area contributed by atoms with Gasteiger partial charge in [-0.2, -0.15) is 25.3 Å². The van der Waals surface area contributed by atoms with E-state index in [1.165, 1.54) is 30.9 Å². The molecule has 790 valence electrons. The van der Waals surface area contributed by atoms with Crippen LogP contribution < -0.4 is 136 Å². The number of primary amides is 4. The number of fused-ring (bicyclic) bond motifs is 1. The van der Waals surface area contributed by atoms with Crippen molar-refractivity contribution in [1.82, 2.24) is 111 Å². The molecule has 0 saturated carbocycles. The number of aromatic amines is 2. The predicted molar refractivity (Wildman–Crippen MR) is 520 cm³/mol. The van der Waals surface area contributed by atoms with Crippen molar-refractivity contribution in [2.75, 3.05) is 31.1 Å². The average Bonchev–Trinajstić information content (AvgIpc) is 1.67. The summed E-state index contributed by atoms with van der Waals surface area (Å²) in [7, 11) is 0. The summed E-state index contributed by atoms with van der Waals surface area (Å²) >= 11 is 8.23. The van der Waals surface area contributed by atoms with E-state index in [1.54, 1.807) is 56.3 Å². The summed E-state index contributed by atoms with van der Waals surface area (Å²) in [6.45, 7) is 3.97. The van der Waals surface area contributed by atoms with Gasteiger partial charge < -0.3 is 161 Å². The standard InChI is InChI=1S/C86H129N31O25S2/c1-4-41(2)68(103-42(3)118)83(142)110-54(23-27-66(124)125)73(132)107-53(22-26-65(122)123)76(135)117-61(39-144)82(141)109-52(21-25-63(88)120)75(134)113-57(33-45-37-97-40-102-45)79(138)108-51(20-24-62(87)119)74(133)111-55(31-43-13-6-5-7-14-43)77(136)105-50(19-12-30-100-86(95)96)72(131)115-59(35-67(126)127)81(140)106-48(17-10-28-98-84(91)92)70(129)104-49(18-11-29-99-85(93)94)71(130)112-56(32-44-36-101-47-16-9-8-15-46(44)47)78(137)114-58(34-64(89)121)80(139)116-60(38-143)69(90)128/h5-9,13-16,36-37,40-41,48-61,68,101,143-144H,4,10-12,17-35,38-39H2,1-3H3,(H2,87,119)(H2,88,120)(H2,89,121)(H2,90,128)(H,97,102)(H,103,118)(H,104,129)(H,105,136)(H,106,140)(H,107,132)(H,108,138)(H,109,141)(H,110,142)(H,111,133)(H,112,130)(H,113,134)(H,114,137)(H,115,131)(H,116,139)(H,117,135)(H,122,123)(H,124,125)(H,126,127)(H4,91,92,98)(H4,93,94,99)(H4,95,96,100)/t41-,48-,49-,50-,51-,52-,53-,54-,55-,56-,57-,58-,59-,60-,61-,68-/m0/s1. The zero-order chi connectivity index (χ0) is 108. The van der Waals surface area contributed by atoms with Gasteiger partial charge in [-0.15, -0.1) is 0 Å². The molecule has 58 heteroatoms. The average molecular weight is 2060 g/mol. The van der Waals surface area contributed by atoms with E-state index in [-0.39, 0.29) is 63.2 Å². The van der Waals surface area contributed by atoms with Gasteiger partial charge in [0.25, 0.3) is 0 Å². The molecular formula is C86H129N31O25S2. The van der Waals surface area contributed by atoms with E-state index in [1.807, 2.05) is 0 Å². The van der Waals surface area contributed by atoms with Crippen LogP contribution in [0.15, 0.2) is 73.3 Å². The van der Waals surface area contributed by atoms with Crippen molar-refractivity contribution in [2.45, 2.75) is 240 Å². The fourth-order valence-corrected chi connectivity index (χ4v) is 14.6. The lowest BCUT2D eigenvalue weighted by molar-refractivity contribution is -0.142. The van der Waals surface area contributed by atoms with Gasteiger partial charge in [0.1, 0.15) is 90.6 Å². The van der Waals surface area contributed by atoms with Crippen LogP contribution in [0.25, 0.3) is 10.9 Å². The molecule has 2 heterocycles. The number of para-hydroxylation sites is 1. The number of hydrogen-bond acceptors (Lipinski definition) is 28. The molecule has 144 heavy (non-hydrogen) atoms. The van der Waals surface area contributed by atoms with Gasteiger partial charge in [0.05, 0.1) is 19.2 Å². The molecule has 2 aromatic carbocycles. The van der Waals surface area contributed by atoms with Crippen LogP contribution in [0.2, 0.25) is 0 Å². The van der Waals surface area contributed by atoms with Gasteiger partial charge in [-0.1, -0.05) is 68.8 Å². The topological polar surface area (TPSA) is 951 Å². The first kappa shape index (κ1) is 120. The Hall–Kier alpha value is -16.0. The summed E-state index contributed by atoms with van der Waals surface area (Å²) < 4.78 is 0. The highest BCUT2D eigenvalue weighted by molar-refractivity contribution is 7.80. The third-order valence-corrected chi connectivity index (χ3v) is 22.6. The van der Waals surface area contributed by atoms with Crippen molar-refractivity contribution in [3.63, 3.8) is 0 Å². The number of thiol groups is 2. The lowest BCUT2D eigenvalue weighted by Gasteiger charge is -2.28. The Balaban J connectivity index is 1.75. The number of guanidine groups is 3. The second kappa shape index (κ2) is 62.3. The third kappa shape index (κ3) is 44.7. The zero-order valence-corrected chi connectivity index (χ0v) is 80.8. The molecule has 0 spiro atoms. The molecule has 0 radical (unpaired) electrons. The fraction of sp³-hybridized carbons (Fsp3) is 0.512. The number of carbonyl (C=O) groups is 22. The highest BCUT2D eigenvalue weighted by Crippen LogP contribution is 2.21. The number of amides is 19. The van der Waals surface area contributed by atoms with Gasteiger partial charge in [0.2, 0.25) is 112 Å². The maximum Gasteiger partial charge on any atom is 0.305 e. The summed E-state index contributed by atoms with van der Waals surface area (Å²) in [5, 5.41) is 97.1. The number of H-pyrrole nitrogens is 2. The largest absolute Gasteiger partial charge is 0.481 e. The molecule has 0 saturated heterocycles. The van der Waals surface area contributed by atoms with E-state index in [4.69, 9.17) is 56.4 Å². The molecule has 56 nitrogen and oxygen atoms in total. The zero-order valence-electron chi connectivity index (χ0n) is 79.0. The molecule has 0 bridgehead atoms. The smallest absolute Gasteiger partial charge is 0.305 e. The molecule has 16 atom stereocenters. The predicted octanol–water partition coefficient (Wildman–Crippen LogP) is -10.00. The monoisotopic (exact) mass is 2060 g/mol. The minimum Gasteiger partial charge on any atom is -0.481 e. The van der Waals surface area contributed by atoms with Gasteiger partial charge in [0.15, 0.2) is 17.9 Å². The van der Waals surface area contributed by atoms with Crippen LogP contribution in [-0.2, 0) is 125 Å². The molecular weight excluding hydrogens is 1930 g/mol. The SMILES string of the molecule is CC[C@H](C)[C@H](NC(C)=O)C(=O)N[C@@H](CCC(=O)O)C(=O)N[C@@H](CCC(=O)O)C(=O)N[C@@H](CS)C(=O)N[C@@H](CCC(N)=O)C(=O)N[C@@H](Cc1cnc[nH]1)C(=O)N[C@@H](CCC(N)=O)C(=O)N[C@@H](Cc1ccccc1)C(=O)N[C@@H](CCCNC(=N)N)C(=O)N[C@@H](CC(=O)O)C(=O)N[C@@H](CCCNC(=N)N)C(=O)N[C@@H](CCCNC(=N)N)C(=O)N[C@@H](Cc1c[nH]c2ccccc12)C(=O)N[C@@H](CC(N)=O)C(=O)N[C@@H](CS)C(N)=O. The van der Waals surface area contributed by atoms with Crippen molar-refractivity contribution < 1.29 is 121 Å². The van der Waals surface area contributed by atoms with Crippen LogP contribution in [0.3, 0.4) is 0 Å². The Kier molecular flexibility index (Phi) is 52.0. The maximum atomic E-state index is 15.2. The molecule has 4 aromatic rings. The highest BCUT2D eigenvalue weighted by Gasteiger charge is 2.41. The summed E-state index contributed by atoms with van der Waals surface area (Å²) in [6, 6.07) is -12.3. The number of nitrogens with two attached hydrogens (primary N) is 7. The van der Waals surface area contributed by atoms with E-state index in [9.17, 15) is 111 Å². The van der Waals surface area contributed by atoms with Crippen LogP contribution in [0.5, 0.6) is 0 Å².